The zero-order valence-corrected chi connectivity index (χ0v) is 17.7. The normalized spacial score (nSPS) is 24.1. The van der Waals surface area contributed by atoms with Crippen molar-refractivity contribution in [3.05, 3.63) is 34.9 Å². The van der Waals surface area contributed by atoms with Crippen LogP contribution in [0.1, 0.15) is 42.5 Å². The van der Waals surface area contributed by atoms with Crippen LogP contribution in [-0.4, -0.2) is 60.9 Å². The van der Waals surface area contributed by atoms with Crippen LogP contribution < -0.4 is 5.32 Å². The molecule has 0 radical (unpaired) electrons. The first kappa shape index (κ1) is 21.4. The molecule has 0 bridgehead atoms. The highest BCUT2D eigenvalue weighted by molar-refractivity contribution is 6.30. The van der Waals surface area contributed by atoms with Crippen molar-refractivity contribution in [2.75, 3.05) is 39.3 Å². The van der Waals surface area contributed by atoms with Crippen molar-refractivity contribution in [1.29, 1.82) is 0 Å². The number of amides is 2. The zero-order chi connectivity index (χ0) is 18.9. The van der Waals surface area contributed by atoms with E-state index in [1.54, 1.807) is 24.3 Å². The smallest absolute Gasteiger partial charge is 0.253 e. The van der Waals surface area contributed by atoms with Crippen molar-refractivity contribution in [2.45, 2.75) is 32.1 Å². The number of benzene rings is 1. The molecular formula is C21H29Cl2N3O2. The van der Waals surface area contributed by atoms with Crippen LogP contribution in [0.5, 0.6) is 0 Å². The second kappa shape index (κ2) is 9.02. The van der Waals surface area contributed by atoms with Gasteiger partial charge in [-0.2, -0.15) is 0 Å². The average Bonchev–Trinajstić information content (AvgIpc) is 3.16. The van der Waals surface area contributed by atoms with Crippen molar-refractivity contribution in [3.8, 4) is 0 Å². The highest BCUT2D eigenvalue weighted by atomic mass is 35.5. The number of halogens is 2. The van der Waals surface area contributed by atoms with Crippen LogP contribution in [0.25, 0.3) is 0 Å². The maximum absolute atomic E-state index is 13.1. The van der Waals surface area contributed by atoms with E-state index in [1.165, 1.54) is 6.42 Å². The standard InChI is InChI=1S/C21H28ClN3O2.ClH/c22-18-5-3-16(4-6-18)19(26)25-11-1-2-17(14-25)20(27)24-12-8-21(9-13-24)7-10-23-15-21;/h3-6,17,23H,1-2,7-15H2;1H. The van der Waals surface area contributed by atoms with Gasteiger partial charge in [0.1, 0.15) is 0 Å². The van der Waals surface area contributed by atoms with E-state index >= 15 is 0 Å². The number of nitrogens with zero attached hydrogens (tertiary/aromatic N) is 2. The molecule has 0 aliphatic carbocycles. The van der Waals surface area contributed by atoms with Crippen molar-refractivity contribution < 1.29 is 9.59 Å². The first-order chi connectivity index (χ1) is 13.1. The highest BCUT2D eigenvalue weighted by Gasteiger charge is 2.40. The predicted octanol–water partition coefficient (Wildman–Crippen LogP) is 3.22. The van der Waals surface area contributed by atoms with Crippen LogP contribution in [0.4, 0.5) is 0 Å². The quantitative estimate of drug-likeness (QED) is 0.790. The van der Waals surface area contributed by atoms with Gasteiger partial charge in [0, 0.05) is 43.3 Å². The Morgan fingerprint density at radius 2 is 1.75 bits per heavy atom. The monoisotopic (exact) mass is 425 g/mol. The molecule has 4 rings (SSSR count). The summed E-state index contributed by atoms with van der Waals surface area (Å²) in [5.41, 5.74) is 1.06. The van der Waals surface area contributed by atoms with Gasteiger partial charge in [-0.15, -0.1) is 12.4 Å². The van der Waals surface area contributed by atoms with E-state index in [0.717, 1.165) is 58.4 Å². The lowest BCUT2D eigenvalue weighted by molar-refractivity contribution is -0.139. The molecule has 3 heterocycles. The first-order valence-corrected chi connectivity index (χ1v) is 10.5. The van der Waals surface area contributed by atoms with Crippen molar-refractivity contribution in [2.24, 2.45) is 11.3 Å². The van der Waals surface area contributed by atoms with Gasteiger partial charge >= 0.3 is 0 Å². The molecule has 154 valence electrons. The molecule has 0 saturated carbocycles. The summed E-state index contributed by atoms with van der Waals surface area (Å²) in [5, 5.41) is 4.10. The van der Waals surface area contributed by atoms with Gasteiger partial charge < -0.3 is 15.1 Å². The molecule has 3 aliphatic heterocycles. The number of rotatable bonds is 2. The summed E-state index contributed by atoms with van der Waals surface area (Å²) in [6.45, 7) is 5.19. The molecule has 3 aliphatic rings. The molecule has 2 amide bonds. The van der Waals surface area contributed by atoms with Gasteiger partial charge in [-0.25, -0.2) is 0 Å². The minimum absolute atomic E-state index is 0. The summed E-state index contributed by atoms with van der Waals surface area (Å²) in [5.74, 6) is 0.175. The van der Waals surface area contributed by atoms with Gasteiger partial charge in [0.15, 0.2) is 0 Å². The lowest BCUT2D eigenvalue weighted by Crippen LogP contribution is -2.50. The molecule has 0 aromatic heterocycles. The van der Waals surface area contributed by atoms with Gasteiger partial charge in [-0.1, -0.05) is 11.6 Å². The largest absolute Gasteiger partial charge is 0.342 e. The lowest BCUT2D eigenvalue weighted by atomic mass is 9.77. The molecule has 7 heteroatoms. The SMILES string of the molecule is Cl.O=C(c1ccc(Cl)cc1)N1CCCC(C(=O)N2CCC3(CCNC3)CC2)C1. The van der Waals surface area contributed by atoms with Crippen LogP contribution in [0.2, 0.25) is 5.02 Å². The molecule has 3 fully saturated rings. The Balaban J connectivity index is 0.00000225. The van der Waals surface area contributed by atoms with Crippen molar-refractivity contribution in [1.82, 2.24) is 15.1 Å². The van der Waals surface area contributed by atoms with Crippen LogP contribution in [0.3, 0.4) is 0 Å². The summed E-state index contributed by atoms with van der Waals surface area (Å²) >= 11 is 5.92. The highest BCUT2D eigenvalue weighted by Crippen LogP contribution is 2.37. The Hall–Kier alpha value is -1.30. The second-order valence-electron chi connectivity index (χ2n) is 8.35. The van der Waals surface area contributed by atoms with E-state index in [0.29, 0.717) is 22.5 Å². The van der Waals surface area contributed by atoms with Crippen LogP contribution >= 0.6 is 24.0 Å². The molecule has 1 N–H and O–H groups in total. The Morgan fingerprint density at radius 1 is 1.04 bits per heavy atom. The maximum Gasteiger partial charge on any atom is 0.253 e. The first-order valence-electron chi connectivity index (χ1n) is 10.1. The zero-order valence-electron chi connectivity index (χ0n) is 16.2. The van der Waals surface area contributed by atoms with Gasteiger partial charge in [0.2, 0.25) is 5.91 Å². The number of piperidine rings is 2. The summed E-state index contributed by atoms with van der Waals surface area (Å²) in [7, 11) is 0. The van der Waals surface area contributed by atoms with Gasteiger partial charge in [0.25, 0.3) is 5.91 Å². The topological polar surface area (TPSA) is 52.7 Å². The number of likely N-dealkylation sites (tertiary alicyclic amines) is 2. The van der Waals surface area contributed by atoms with Crippen LogP contribution in [-0.2, 0) is 4.79 Å². The molecular weight excluding hydrogens is 397 g/mol. The molecule has 1 atom stereocenters. The lowest BCUT2D eigenvalue weighted by Gasteiger charge is -2.41. The minimum atomic E-state index is -0.0641. The Bertz CT molecular complexity index is 694. The Kier molecular flexibility index (Phi) is 6.89. The summed E-state index contributed by atoms with van der Waals surface area (Å²) in [4.78, 5) is 29.7. The molecule has 28 heavy (non-hydrogen) atoms. The Morgan fingerprint density at radius 3 is 2.39 bits per heavy atom. The fraction of sp³-hybridized carbons (Fsp3) is 0.619. The number of nitrogens with one attached hydrogen (secondary N) is 1. The predicted molar refractivity (Wildman–Crippen MR) is 113 cm³/mol. The maximum atomic E-state index is 13.1. The second-order valence-corrected chi connectivity index (χ2v) is 8.79. The van der Waals surface area contributed by atoms with Gasteiger partial charge in [-0.05, 0) is 68.3 Å². The van der Waals surface area contributed by atoms with Crippen molar-refractivity contribution >= 4 is 35.8 Å². The molecule has 1 aromatic carbocycles. The number of carbonyl (C=O) groups is 2. The number of hydrogen-bond donors (Lipinski definition) is 1. The molecule has 5 nitrogen and oxygen atoms in total. The molecule has 3 saturated heterocycles. The van der Waals surface area contributed by atoms with E-state index in [-0.39, 0.29) is 30.1 Å². The van der Waals surface area contributed by atoms with Crippen LogP contribution in [0, 0.1) is 11.3 Å². The van der Waals surface area contributed by atoms with E-state index in [1.807, 2.05) is 9.80 Å². The fourth-order valence-corrected chi connectivity index (χ4v) is 4.95. The molecule has 1 unspecified atom stereocenters. The third kappa shape index (κ3) is 4.47. The van der Waals surface area contributed by atoms with E-state index < -0.39 is 0 Å². The third-order valence-electron chi connectivity index (χ3n) is 6.62. The summed E-state index contributed by atoms with van der Waals surface area (Å²) < 4.78 is 0. The molecule has 1 spiro atoms. The fourth-order valence-electron chi connectivity index (χ4n) is 4.82. The Labute approximate surface area is 178 Å². The van der Waals surface area contributed by atoms with Gasteiger partial charge in [-0.3, -0.25) is 9.59 Å². The van der Waals surface area contributed by atoms with E-state index in [9.17, 15) is 9.59 Å². The average molecular weight is 426 g/mol. The van der Waals surface area contributed by atoms with Crippen molar-refractivity contribution in [3.63, 3.8) is 0 Å². The summed E-state index contributed by atoms with van der Waals surface area (Å²) in [6, 6.07) is 7.00. The molecule has 1 aromatic rings. The number of carbonyl (C=O) groups excluding carboxylic acids is 2. The summed E-state index contributed by atoms with van der Waals surface area (Å²) in [6.07, 6.45) is 5.21. The van der Waals surface area contributed by atoms with E-state index in [4.69, 9.17) is 11.6 Å². The van der Waals surface area contributed by atoms with E-state index in [2.05, 4.69) is 5.32 Å². The van der Waals surface area contributed by atoms with Crippen LogP contribution in [0.15, 0.2) is 24.3 Å². The minimum Gasteiger partial charge on any atom is -0.342 e. The third-order valence-corrected chi connectivity index (χ3v) is 6.87. The number of hydrogen-bond acceptors (Lipinski definition) is 3. The van der Waals surface area contributed by atoms with Gasteiger partial charge in [0.05, 0.1) is 5.92 Å².